The Kier molecular flexibility index (Phi) is 4.91. The lowest BCUT2D eigenvalue weighted by atomic mass is 10.2. The van der Waals surface area contributed by atoms with Gasteiger partial charge < -0.3 is 5.32 Å². The quantitative estimate of drug-likeness (QED) is 0.775. The second kappa shape index (κ2) is 6.19. The van der Waals surface area contributed by atoms with Crippen LogP contribution < -0.4 is 10.0 Å². The van der Waals surface area contributed by atoms with Crippen LogP contribution in [0.5, 0.6) is 0 Å². The number of nitrogens with zero attached hydrogens (tertiary/aromatic N) is 1. The van der Waals surface area contributed by atoms with Crippen molar-refractivity contribution >= 4 is 41.6 Å². The standard InChI is InChI=1S/C11H16BrN3O4S2/c1-13-11-10(5-8(12)6-14-11)21(18,19)15-9-3-2-4-20(16,17)7-9/h5-6,9,15H,2-4,7H2,1H3,(H,13,14). The summed E-state index contributed by atoms with van der Waals surface area (Å²) in [6.45, 7) is 0. The van der Waals surface area contributed by atoms with Crippen molar-refractivity contribution < 1.29 is 16.8 Å². The molecule has 0 radical (unpaired) electrons. The first-order valence-electron chi connectivity index (χ1n) is 6.29. The van der Waals surface area contributed by atoms with Crippen LogP contribution in [0.15, 0.2) is 21.6 Å². The minimum atomic E-state index is -3.84. The van der Waals surface area contributed by atoms with Gasteiger partial charge in [-0.05, 0) is 34.8 Å². The average Bonchev–Trinajstić information content (AvgIpc) is 2.37. The zero-order chi connectivity index (χ0) is 15.7. The molecule has 0 spiro atoms. The number of anilines is 1. The molecule has 1 fully saturated rings. The molecule has 0 saturated carbocycles. The van der Waals surface area contributed by atoms with E-state index in [0.29, 0.717) is 17.3 Å². The maximum atomic E-state index is 12.4. The average molecular weight is 398 g/mol. The highest BCUT2D eigenvalue weighted by atomic mass is 79.9. The molecule has 21 heavy (non-hydrogen) atoms. The summed E-state index contributed by atoms with van der Waals surface area (Å²) >= 11 is 3.18. The number of rotatable bonds is 4. The highest BCUT2D eigenvalue weighted by Crippen LogP contribution is 2.23. The minimum Gasteiger partial charge on any atom is -0.372 e. The Labute approximate surface area is 132 Å². The first kappa shape index (κ1) is 16.7. The summed E-state index contributed by atoms with van der Waals surface area (Å²) in [6.07, 6.45) is 2.45. The van der Waals surface area contributed by atoms with Crippen molar-refractivity contribution in [2.45, 2.75) is 23.8 Å². The van der Waals surface area contributed by atoms with Gasteiger partial charge in [-0.25, -0.2) is 26.5 Å². The van der Waals surface area contributed by atoms with Gasteiger partial charge in [0.05, 0.1) is 11.5 Å². The van der Waals surface area contributed by atoms with Crippen molar-refractivity contribution in [3.63, 3.8) is 0 Å². The Hall–Kier alpha value is -0.710. The molecule has 2 heterocycles. The number of aromatic nitrogens is 1. The Balaban J connectivity index is 2.28. The Morgan fingerprint density at radius 1 is 1.43 bits per heavy atom. The molecule has 10 heteroatoms. The van der Waals surface area contributed by atoms with Crippen LogP contribution in [0.1, 0.15) is 12.8 Å². The van der Waals surface area contributed by atoms with Crippen LogP contribution in [0.2, 0.25) is 0 Å². The van der Waals surface area contributed by atoms with Gasteiger partial charge in [0.2, 0.25) is 10.0 Å². The van der Waals surface area contributed by atoms with Gasteiger partial charge in [-0.3, -0.25) is 0 Å². The van der Waals surface area contributed by atoms with Crippen molar-refractivity contribution in [1.82, 2.24) is 9.71 Å². The van der Waals surface area contributed by atoms with E-state index in [4.69, 9.17) is 0 Å². The topological polar surface area (TPSA) is 105 Å². The molecule has 0 aromatic carbocycles. The number of hydrogen-bond donors (Lipinski definition) is 2. The largest absolute Gasteiger partial charge is 0.372 e. The summed E-state index contributed by atoms with van der Waals surface area (Å²) in [5.41, 5.74) is 0. The number of pyridine rings is 1. The molecule has 0 amide bonds. The molecule has 1 unspecified atom stereocenters. The highest BCUT2D eigenvalue weighted by molar-refractivity contribution is 9.10. The van der Waals surface area contributed by atoms with Crippen molar-refractivity contribution in [2.24, 2.45) is 0 Å². The third-order valence-electron chi connectivity index (χ3n) is 3.13. The van der Waals surface area contributed by atoms with Crippen LogP contribution >= 0.6 is 15.9 Å². The van der Waals surface area contributed by atoms with E-state index in [1.54, 1.807) is 7.05 Å². The number of sulfonamides is 1. The third-order valence-corrected chi connectivity index (χ3v) is 6.92. The maximum Gasteiger partial charge on any atom is 0.244 e. The molecular formula is C11H16BrN3O4S2. The van der Waals surface area contributed by atoms with E-state index in [1.807, 2.05) is 0 Å². The molecule has 1 aliphatic heterocycles. The maximum absolute atomic E-state index is 12.4. The molecular weight excluding hydrogens is 382 g/mol. The molecule has 1 aromatic rings. The summed E-state index contributed by atoms with van der Waals surface area (Å²) in [5.74, 6) is 0.165. The molecule has 1 atom stereocenters. The lowest BCUT2D eigenvalue weighted by Crippen LogP contribution is -2.43. The molecule has 7 nitrogen and oxygen atoms in total. The van der Waals surface area contributed by atoms with Crippen molar-refractivity contribution in [3.05, 3.63) is 16.7 Å². The molecule has 118 valence electrons. The van der Waals surface area contributed by atoms with E-state index in [2.05, 4.69) is 31.0 Å². The van der Waals surface area contributed by atoms with E-state index in [1.165, 1.54) is 12.3 Å². The van der Waals surface area contributed by atoms with E-state index in [9.17, 15) is 16.8 Å². The summed E-state index contributed by atoms with van der Waals surface area (Å²) < 4.78 is 51.0. The normalized spacial score (nSPS) is 21.9. The van der Waals surface area contributed by atoms with Gasteiger partial charge in [0.25, 0.3) is 0 Å². The number of nitrogens with one attached hydrogen (secondary N) is 2. The number of sulfone groups is 1. The Morgan fingerprint density at radius 2 is 2.14 bits per heavy atom. The van der Waals surface area contributed by atoms with Crippen LogP contribution in [0.25, 0.3) is 0 Å². The Morgan fingerprint density at radius 3 is 2.76 bits per heavy atom. The first-order chi connectivity index (χ1) is 9.73. The van der Waals surface area contributed by atoms with Gasteiger partial charge in [-0.15, -0.1) is 0 Å². The summed E-state index contributed by atoms with van der Waals surface area (Å²) in [7, 11) is -5.45. The SMILES string of the molecule is CNc1ncc(Br)cc1S(=O)(=O)NC1CCCS(=O)(=O)C1. The van der Waals surface area contributed by atoms with Crippen molar-refractivity contribution in [1.29, 1.82) is 0 Å². The predicted octanol–water partition coefficient (Wildman–Crippen LogP) is 0.741. The van der Waals surface area contributed by atoms with Gasteiger partial charge in [-0.2, -0.15) is 0 Å². The van der Waals surface area contributed by atoms with Crippen molar-refractivity contribution in [3.8, 4) is 0 Å². The fourth-order valence-corrected chi connectivity index (χ4v) is 5.89. The fraction of sp³-hybridized carbons (Fsp3) is 0.545. The van der Waals surface area contributed by atoms with Crippen molar-refractivity contribution in [2.75, 3.05) is 23.9 Å². The molecule has 1 saturated heterocycles. The monoisotopic (exact) mass is 397 g/mol. The number of hydrogen-bond acceptors (Lipinski definition) is 6. The second-order valence-electron chi connectivity index (χ2n) is 4.83. The first-order valence-corrected chi connectivity index (χ1v) is 10.4. The zero-order valence-corrected chi connectivity index (χ0v) is 14.6. The van der Waals surface area contributed by atoms with E-state index >= 15 is 0 Å². The molecule has 1 aliphatic rings. The lowest BCUT2D eigenvalue weighted by Gasteiger charge is -2.23. The summed E-state index contributed by atoms with van der Waals surface area (Å²) in [4.78, 5) is 3.98. The van der Waals surface area contributed by atoms with Crippen LogP contribution in [0, 0.1) is 0 Å². The smallest absolute Gasteiger partial charge is 0.244 e. The third kappa shape index (κ3) is 4.15. The van der Waals surface area contributed by atoms with Crippen LogP contribution in [-0.2, 0) is 19.9 Å². The van der Waals surface area contributed by atoms with Gasteiger partial charge in [0.1, 0.15) is 10.7 Å². The summed E-state index contributed by atoms with van der Waals surface area (Å²) in [5, 5.41) is 2.71. The van der Waals surface area contributed by atoms with Gasteiger partial charge >= 0.3 is 0 Å². The fourth-order valence-electron chi connectivity index (χ4n) is 2.21. The van der Waals surface area contributed by atoms with E-state index < -0.39 is 25.9 Å². The molecule has 2 N–H and O–H groups in total. The van der Waals surface area contributed by atoms with Crippen LogP contribution in [-0.4, -0.2) is 46.4 Å². The van der Waals surface area contributed by atoms with E-state index in [-0.39, 0.29) is 22.2 Å². The van der Waals surface area contributed by atoms with Crippen LogP contribution in [0.4, 0.5) is 5.82 Å². The Bertz CT molecular complexity index is 734. The van der Waals surface area contributed by atoms with Gasteiger partial charge in [0, 0.05) is 23.8 Å². The van der Waals surface area contributed by atoms with Gasteiger partial charge in [-0.1, -0.05) is 0 Å². The number of halogens is 1. The highest BCUT2D eigenvalue weighted by Gasteiger charge is 2.30. The summed E-state index contributed by atoms with van der Waals surface area (Å²) in [6, 6.07) is 0.829. The molecule has 0 aliphatic carbocycles. The van der Waals surface area contributed by atoms with Gasteiger partial charge in [0.15, 0.2) is 9.84 Å². The molecule has 2 rings (SSSR count). The minimum absolute atomic E-state index is 0.0117. The van der Waals surface area contributed by atoms with Crippen LogP contribution in [0.3, 0.4) is 0 Å². The zero-order valence-electron chi connectivity index (χ0n) is 11.3. The predicted molar refractivity (Wildman–Crippen MR) is 83.5 cm³/mol. The second-order valence-corrected chi connectivity index (χ2v) is 9.65. The lowest BCUT2D eigenvalue weighted by molar-refractivity contribution is 0.517. The molecule has 0 bridgehead atoms. The van der Waals surface area contributed by atoms with E-state index in [0.717, 1.165) is 0 Å². The molecule has 1 aromatic heterocycles.